The van der Waals surface area contributed by atoms with E-state index in [9.17, 15) is 9.59 Å². The number of fused-ring (bicyclic) bond motifs is 2. The number of ether oxygens (including phenoxy) is 2. The number of hydrogen-bond donors (Lipinski definition) is 2. The van der Waals surface area contributed by atoms with Gasteiger partial charge in [0.15, 0.2) is 0 Å². The molecule has 0 radical (unpaired) electrons. The Morgan fingerprint density at radius 1 is 0.565 bits per heavy atom. The van der Waals surface area contributed by atoms with Crippen molar-refractivity contribution in [2.45, 2.75) is 115 Å². The van der Waals surface area contributed by atoms with Crippen molar-refractivity contribution in [2.75, 3.05) is 0 Å². The highest BCUT2D eigenvalue weighted by Gasteiger charge is 2.40. The molecule has 0 atom stereocenters. The number of hydrogen-bond acceptors (Lipinski definition) is 6. The smallest absolute Gasteiger partial charge is 0.339 e. The maximum absolute atomic E-state index is 13.6. The second kappa shape index (κ2) is 11.5. The number of rotatable bonds is 5. The lowest BCUT2D eigenvalue weighted by molar-refractivity contribution is -0.00756. The molecule has 46 heavy (non-hydrogen) atoms. The molecule has 0 aromatic heterocycles. The number of benzene rings is 4. The van der Waals surface area contributed by atoms with Gasteiger partial charge in [-0.05, 0) is 118 Å². The highest BCUT2D eigenvalue weighted by Crippen LogP contribution is 2.34. The Morgan fingerprint density at radius 3 is 1.65 bits per heavy atom. The van der Waals surface area contributed by atoms with Crippen LogP contribution in [0.1, 0.15) is 102 Å². The molecule has 2 N–H and O–H groups in total. The van der Waals surface area contributed by atoms with Crippen LogP contribution in [-0.4, -0.2) is 46.3 Å². The van der Waals surface area contributed by atoms with Crippen LogP contribution in [0.4, 0.5) is 0 Å². The number of carbonyl (C=O) groups is 2. The number of nitrogens with one attached hydrogen (secondary N) is 2. The van der Waals surface area contributed by atoms with Crippen molar-refractivity contribution in [3.05, 3.63) is 83.9 Å². The second-order valence-electron chi connectivity index (χ2n) is 16.2. The van der Waals surface area contributed by atoms with Crippen molar-refractivity contribution in [3.63, 3.8) is 0 Å². The molecule has 0 unspecified atom stereocenters. The van der Waals surface area contributed by atoms with Crippen molar-refractivity contribution in [1.29, 1.82) is 0 Å². The maximum Gasteiger partial charge on any atom is 0.339 e. The lowest BCUT2D eigenvalue weighted by Crippen LogP contribution is -2.59. The van der Waals surface area contributed by atoms with Crippen LogP contribution in [0.3, 0.4) is 0 Å². The Bertz CT molecular complexity index is 1790. The Hall–Kier alpha value is -3.74. The van der Waals surface area contributed by atoms with Gasteiger partial charge in [-0.1, -0.05) is 42.5 Å². The minimum atomic E-state index is -0.291. The quantitative estimate of drug-likeness (QED) is 0.218. The van der Waals surface area contributed by atoms with Crippen molar-refractivity contribution >= 4 is 33.5 Å². The molecule has 4 aromatic rings. The topological polar surface area (TPSA) is 76.7 Å². The summed E-state index contributed by atoms with van der Waals surface area (Å²) in [5, 5.41) is 11.2. The zero-order chi connectivity index (χ0) is 33.1. The molecule has 2 fully saturated rings. The van der Waals surface area contributed by atoms with E-state index in [1.165, 1.54) is 0 Å². The van der Waals surface area contributed by atoms with Crippen LogP contribution in [-0.2, 0) is 9.47 Å². The molecule has 6 nitrogen and oxygen atoms in total. The third-order valence-electron chi connectivity index (χ3n) is 9.36. The highest BCUT2D eigenvalue weighted by atomic mass is 16.5. The van der Waals surface area contributed by atoms with Gasteiger partial charge >= 0.3 is 11.9 Å². The maximum atomic E-state index is 13.6. The van der Waals surface area contributed by atoms with Crippen molar-refractivity contribution in [3.8, 4) is 11.1 Å². The fourth-order valence-electron chi connectivity index (χ4n) is 8.24. The van der Waals surface area contributed by atoms with Gasteiger partial charge in [-0.25, -0.2) is 9.59 Å². The Morgan fingerprint density at radius 2 is 1.07 bits per heavy atom. The number of esters is 2. The average Bonchev–Trinajstić information content (AvgIpc) is 2.92. The molecule has 0 bridgehead atoms. The minimum Gasteiger partial charge on any atom is -0.459 e. The zero-order valence-corrected chi connectivity index (χ0v) is 28.5. The molecule has 6 heteroatoms. The molecule has 0 saturated carbocycles. The standard InChI is InChI=1S/C40H48N2O4/c1-37(2)21-31(22-38(3,4)41-37)45-35(43)29-17-13-25-12-15-27(18-30(25)19-29)28-16-14-26-10-9-11-33(34(26)20-28)36(44)46-32-23-39(5,6)42-40(7,8)24-32/h9-20,31-32,41-42H,21-24H2,1-8H3. The fraction of sp³-hybridized carbons (Fsp3) is 0.450. The van der Waals surface area contributed by atoms with Gasteiger partial charge in [-0.3, -0.25) is 0 Å². The van der Waals surface area contributed by atoms with Crippen LogP contribution in [0.25, 0.3) is 32.7 Å². The summed E-state index contributed by atoms with van der Waals surface area (Å²) in [4.78, 5) is 26.9. The molecular weight excluding hydrogens is 572 g/mol. The lowest BCUT2D eigenvalue weighted by Gasteiger charge is -2.45. The van der Waals surface area contributed by atoms with Crippen molar-refractivity contribution in [1.82, 2.24) is 10.6 Å². The summed E-state index contributed by atoms with van der Waals surface area (Å²) < 4.78 is 12.2. The molecule has 0 amide bonds. The summed E-state index contributed by atoms with van der Waals surface area (Å²) in [5.74, 6) is -0.580. The minimum absolute atomic E-state index is 0.109. The number of piperidine rings is 2. The third-order valence-corrected chi connectivity index (χ3v) is 9.36. The van der Waals surface area contributed by atoms with Crippen LogP contribution >= 0.6 is 0 Å². The van der Waals surface area contributed by atoms with E-state index in [-0.39, 0.29) is 46.3 Å². The molecule has 242 valence electrons. The number of carbonyl (C=O) groups excluding carboxylic acids is 2. The molecule has 2 saturated heterocycles. The van der Waals surface area contributed by atoms with E-state index in [1.807, 2.05) is 36.4 Å². The van der Waals surface area contributed by atoms with Gasteiger partial charge in [0.2, 0.25) is 0 Å². The first-order valence-electron chi connectivity index (χ1n) is 16.5. The zero-order valence-electron chi connectivity index (χ0n) is 28.5. The summed E-state index contributed by atoms with van der Waals surface area (Å²) >= 11 is 0. The fourth-order valence-corrected chi connectivity index (χ4v) is 8.24. The molecule has 2 aliphatic heterocycles. The largest absolute Gasteiger partial charge is 0.459 e. The molecule has 4 aromatic carbocycles. The first-order chi connectivity index (χ1) is 21.5. The summed E-state index contributed by atoms with van der Waals surface area (Å²) in [7, 11) is 0. The van der Waals surface area contributed by atoms with Gasteiger partial charge < -0.3 is 20.1 Å². The average molecular weight is 621 g/mol. The van der Waals surface area contributed by atoms with E-state index in [2.05, 4.69) is 102 Å². The Kier molecular flexibility index (Phi) is 8.05. The molecule has 0 aliphatic carbocycles. The summed E-state index contributed by atoms with van der Waals surface area (Å²) in [6, 6.07) is 24.0. The monoisotopic (exact) mass is 620 g/mol. The SMILES string of the molecule is CC1(C)CC(OC(=O)c2ccc3ccc(-c4ccc5cccc(C(=O)OC6CC(C)(C)NC(C)(C)C6)c5c4)cc3c2)CC(C)(C)N1. The normalized spacial score (nSPS) is 20.8. The molecule has 6 rings (SSSR count). The second-order valence-corrected chi connectivity index (χ2v) is 16.2. The van der Waals surface area contributed by atoms with Gasteiger partial charge in [0, 0.05) is 47.8 Å². The van der Waals surface area contributed by atoms with E-state index < -0.39 is 0 Å². The van der Waals surface area contributed by atoms with Gasteiger partial charge in [0.05, 0.1) is 11.1 Å². The first kappa shape index (κ1) is 32.2. The van der Waals surface area contributed by atoms with E-state index in [0.717, 1.165) is 58.4 Å². The van der Waals surface area contributed by atoms with E-state index in [0.29, 0.717) is 11.1 Å². The molecule has 2 heterocycles. The van der Waals surface area contributed by atoms with Gasteiger partial charge in [0.1, 0.15) is 12.2 Å². The van der Waals surface area contributed by atoms with Crippen LogP contribution in [0.5, 0.6) is 0 Å². The lowest BCUT2D eigenvalue weighted by atomic mass is 9.81. The van der Waals surface area contributed by atoms with E-state index in [4.69, 9.17) is 9.47 Å². The highest BCUT2D eigenvalue weighted by molar-refractivity contribution is 6.06. The van der Waals surface area contributed by atoms with Gasteiger partial charge in [-0.15, -0.1) is 0 Å². The predicted octanol–water partition coefficient (Wildman–Crippen LogP) is 8.59. The van der Waals surface area contributed by atoms with Crippen molar-refractivity contribution < 1.29 is 19.1 Å². The summed E-state index contributed by atoms with van der Waals surface area (Å²) in [6.45, 7) is 17.2. The van der Waals surface area contributed by atoms with E-state index >= 15 is 0 Å². The third kappa shape index (κ3) is 7.13. The van der Waals surface area contributed by atoms with Crippen LogP contribution in [0.15, 0.2) is 72.8 Å². The predicted molar refractivity (Wildman–Crippen MR) is 186 cm³/mol. The van der Waals surface area contributed by atoms with Crippen LogP contribution in [0.2, 0.25) is 0 Å². The summed E-state index contributed by atoms with van der Waals surface area (Å²) in [5.41, 5.74) is 2.66. The van der Waals surface area contributed by atoms with Gasteiger partial charge in [0.25, 0.3) is 0 Å². The Balaban J connectivity index is 1.25. The van der Waals surface area contributed by atoms with Crippen LogP contribution in [0, 0.1) is 0 Å². The Labute approximate surface area is 273 Å². The first-order valence-corrected chi connectivity index (χ1v) is 16.5. The molecule has 2 aliphatic rings. The molecular formula is C40H48N2O4. The van der Waals surface area contributed by atoms with Gasteiger partial charge in [-0.2, -0.15) is 0 Å². The van der Waals surface area contributed by atoms with Crippen LogP contribution < -0.4 is 10.6 Å². The summed E-state index contributed by atoms with van der Waals surface area (Å²) in [6.07, 6.45) is 2.76. The van der Waals surface area contributed by atoms with Crippen molar-refractivity contribution in [2.24, 2.45) is 0 Å². The van der Waals surface area contributed by atoms with E-state index in [1.54, 1.807) is 0 Å². The molecule has 0 spiro atoms.